The molecule has 4 rings (SSSR count). The van der Waals surface area contributed by atoms with E-state index in [9.17, 15) is 4.39 Å². The Kier molecular flexibility index (Phi) is 5.39. The van der Waals surface area contributed by atoms with Crippen LogP contribution in [0.25, 0.3) is 33.2 Å². The van der Waals surface area contributed by atoms with Crippen LogP contribution in [-0.4, -0.2) is 26.1 Å². The molecule has 0 fully saturated rings. The molecule has 0 spiro atoms. The summed E-state index contributed by atoms with van der Waals surface area (Å²) in [6.07, 6.45) is 10.7. The molecule has 0 saturated carbocycles. The predicted octanol–water partition coefficient (Wildman–Crippen LogP) is 5.84. The minimum Gasteiger partial charge on any atom is -0.385 e. The van der Waals surface area contributed by atoms with Crippen molar-refractivity contribution >= 4 is 33.1 Å². The van der Waals surface area contributed by atoms with Gasteiger partial charge in [-0.2, -0.15) is 0 Å². The highest BCUT2D eigenvalue weighted by Gasteiger charge is 2.16. The number of nitrogens with one attached hydrogen (secondary N) is 1. The van der Waals surface area contributed by atoms with Gasteiger partial charge >= 0.3 is 0 Å². The zero-order chi connectivity index (χ0) is 21.1. The first kappa shape index (κ1) is 19.5. The zero-order valence-corrected chi connectivity index (χ0v) is 16.9. The SMILES string of the molecule is C=C(F)/C(=C\C=C/C)c1nc(-n2ccc3cnccc32)c2cc(NCC)ccc2n1. The van der Waals surface area contributed by atoms with Gasteiger partial charge in [0.1, 0.15) is 11.6 Å². The van der Waals surface area contributed by atoms with Crippen LogP contribution < -0.4 is 5.32 Å². The number of nitrogens with zero attached hydrogens (tertiary/aromatic N) is 4. The van der Waals surface area contributed by atoms with Crippen LogP contribution in [0.1, 0.15) is 19.7 Å². The van der Waals surface area contributed by atoms with Gasteiger partial charge in [-0.3, -0.25) is 4.98 Å². The number of rotatable bonds is 6. The van der Waals surface area contributed by atoms with E-state index in [-0.39, 0.29) is 11.4 Å². The number of allylic oxidation sites excluding steroid dienone is 5. The van der Waals surface area contributed by atoms with Crippen LogP contribution in [0.5, 0.6) is 0 Å². The molecule has 4 aromatic rings. The fourth-order valence-corrected chi connectivity index (χ4v) is 3.38. The molecule has 0 radical (unpaired) electrons. The Morgan fingerprint density at radius 3 is 2.87 bits per heavy atom. The molecule has 0 amide bonds. The van der Waals surface area contributed by atoms with Crippen LogP contribution in [0.4, 0.5) is 10.1 Å². The third-order valence-corrected chi connectivity index (χ3v) is 4.76. The van der Waals surface area contributed by atoms with E-state index in [0.29, 0.717) is 5.82 Å². The van der Waals surface area contributed by atoms with Gasteiger partial charge in [0.15, 0.2) is 5.82 Å². The minimum absolute atomic E-state index is 0.255. The molecular weight excluding hydrogens is 377 g/mol. The van der Waals surface area contributed by atoms with Crippen molar-refractivity contribution < 1.29 is 4.39 Å². The van der Waals surface area contributed by atoms with Gasteiger partial charge in [0.25, 0.3) is 0 Å². The highest BCUT2D eigenvalue weighted by molar-refractivity contribution is 5.92. The second-order valence-corrected chi connectivity index (χ2v) is 6.76. The van der Waals surface area contributed by atoms with E-state index in [2.05, 4.69) is 21.9 Å². The molecule has 3 heterocycles. The van der Waals surface area contributed by atoms with E-state index in [1.165, 1.54) is 0 Å². The predicted molar refractivity (Wildman–Crippen MR) is 121 cm³/mol. The molecule has 0 aliphatic rings. The molecule has 0 bridgehead atoms. The maximum atomic E-state index is 14.3. The summed E-state index contributed by atoms with van der Waals surface area (Å²) in [4.78, 5) is 13.6. The van der Waals surface area contributed by atoms with E-state index in [4.69, 9.17) is 4.98 Å². The summed E-state index contributed by atoms with van der Waals surface area (Å²) in [5, 5.41) is 5.18. The molecular formula is C24H22FN5. The Balaban J connectivity index is 2.04. The highest BCUT2D eigenvalue weighted by atomic mass is 19.1. The number of anilines is 1. The second-order valence-electron chi connectivity index (χ2n) is 6.76. The Morgan fingerprint density at radius 1 is 1.23 bits per heavy atom. The molecule has 0 atom stereocenters. The summed E-state index contributed by atoms with van der Waals surface area (Å²) in [5.74, 6) is 0.378. The molecule has 0 unspecified atom stereocenters. The maximum absolute atomic E-state index is 14.3. The Labute approximate surface area is 174 Å². The highest BCUT2D eigenvalue weighted by Crippen LogP contribution is 2.30. The lowest BCUT2D eigenvalue weighted by atomic mass is 10.1. The molecule has 0 aliphatic heterocycles. The number of aromatic nitrogens is 4. The number of pyridine rings is 1. The van der Waals surface area contributed by atoms with Crippen molar-refractivity contribution in [1.29, 1.82) is 0 Å². The number of halogens is 1. The summed E-state index contributed by atoms with van der Waals surface area (Å²) in [7, 11) is 0. The molecule has 1 aromatic carbocycles. The topological polar surface area (TPSA) is 55.6 Å². The third kappa shape index (κ3) is 3.59. The summed E-state index contributed by atoms with van der Waals surface area (Å²) < 4.78 is 16.2. The number of benzene rings is 1. The number of hydrogen-bond acceptors (Lipinski definition) is 4. The van der Waals surface area contributed by atoms with Gasteiger partial charge in [-0.25, -0.2) is 14.4 Å². The molecule has 0 aliphatic carbocycles. The van der Waals surface area contributed by atoms with Crippen molar-refractivity contribution in [3.05, 3.63) is 85.4 Å². The molecule has 3 aromatic heterocycles. The van der Waals surface area contributed by atoms with E-state index in [0.717, 1.165) is 34.0 Å². The lowest BCUT2D eigenvalue weighted by Crippen LogP contribution is -2.05. The molecule has 6 heteroatoms. The van der Waals surface area contributed by atoms with Gasteiger partial charge in [0.05, 0.1) is 16.6 Å². The average molecular weight is 399 g/mol. The van der Waals surface area contributed by atoms with Gasteiger partial charge in [0, 0.05) is 41.6 Å². The van der Waals surface area contributed by atoms with E-state index < -0.39 is 5.83 Å². The Bertz CT molecular complexity index is 1300. The standard InChI is InChI=1S/C24H22FN5/c1-4-6-7-19(16(3)25)23-28-21-9-8-18(27-5-2)14-20(21)24(29-23)30-13-11-17-15-26-12-10-22(17)30/h4,6-15,27H,3,5H2,1-2H3/b6-4-,19-7+. The smallest absolute Gasteiger partial charge is 0.165 e. The van der Waals surface area contributed by atoms with Crippen LogP contribution in [0.2, 0.25) is 0 Å². The second kappa shape index (κ2) is 8.29. The maximum Gasteiger partial charge on any atom is 0.165 e. The van der Waals surface area contributed by atoms with E-state index in [1.54, 1.807) is 24.5 Å². The summed E-state index contributed by atoms with van der Waals surface area (Å²) >= 11 is 0. The lowest BCUT2D eigenvalue weighted by molar-refractivity contribution is 0.676. The fourth-order valence-electron chi connectivity index (χ4n) is 3.38. The molecule has 150 valence electrons. The van der Waals surface area contributed by atoms with Crippen molar-refractivity contribution in [2.45, 2.75) is 13.8 Å². The van der Waals surface area contributed by atoms with E-state index in [1.807, 2.05) is 61.0 Å². The summed E-state index contributed by atoms with van der Waals surface area (Å²) in [6, 6.07) is 9.81. The van der Waals surface area contributed by atoms with Crippen LogP contribution in [-0.2, 0) is 0 Å². The summed E-state index contributed by atoms with van der Waals surface area (Å²) in [6.45, 7) is 8.18. The van der Waals surface area contributed by atoms with Crippen molar-refractivity contribution in [2.75, 3.05) is 11.9 Å². The number of hydrogen-bond donors (Lipinski definition) is 1. The minimum atomic E-state index is -0.579. The first-order valence-electron chi connectivity index (χ1n) is 9.77. The van der Waals surface area contributed by atoms with Crippen LogP contribution in [0, 0.1) is 0 Å². The Morgan fingerprint density at radius 2 is 2.10 bits per heavy atom. The van der Waals surface area contributed by atoms with E-state index >= 15 is 0 Å². The van der Waals surface area contributed by atoms with Gasteiger partial charge in [0.2, 0.25) is 0 Å². The van der Waals surface area contributed by atoms with Crippen LogP contribution >= 0.6 is 0 Å². The largest absolute Gasteiger partial charge is 0.385 e. The number of fused-ring (bicyclic) bond motifs is 2. The van der Waals surface area contributed by atoms with Gasteiger partial charge in [-0.15, -0.1) is 0 Å². The van der Waals surface area contributed by atoms with Gasteiger partial charge in [-0.05, 0) is 50.3 Å². The van der Waals surface area contributed by atoms with Crippen molar-refractivity contribution in [2.24, 2.45) is 0 Å². The monoisotopic (exact) mass is 399 g/mol. The Hall–Kier alpha value is -3.80. The summed E-state index contributed by atoms with van der Waals surface area (Å²) in [5.41, 5.74) is 2.91. The average Bonchev–Trinajstić information content (AvgIpc) is 3.17. The zero-order valence-electron chi connectivity index (χ0n) is 16.9. The van der Waals surface area contributed by atoms with Crippen LogP contribution in [0.15, 0.2) is 79.6 Å². The van der Waals surface area contributed by atoms with Gasteiger partial charge < -0.3 is 9.88 Å². The van der Waals surface area contributed by atoms with Crippen molar-refractivity contribution in [3.8, 4) is 5.82 Å². The molecule has 30 heavy (non-hydrogen) atoms. The quantitative estimate of drug-likeness (QED) is 0.414. The third-order valence-electron chi connectivity index (χ3n) is 4.76. The fraction of sp³-hybridized carbons (Fsp3) is 0.125. The van der Waals surface area contributed by atoms with Crippen molar-refractivity contribution in [1.82, 2.24) is 19.5 Å². The van der Waals surface area contributed by atoms with Crippen molar-refractivity contribution in [3.63, 3.8) is 0 Å². The molecule has 1 N–H and O–H groups in total. The van der Waals surface area contributed by atoms with Gasteiger partial charge in [-0.1, -0.05) is 18.7 Å². The molecule has 0 saturated heterocycles. The van der Waals surface area contributed by atoms with Crippen LogP contribution in [0.3, 0.4) is 0 Å². The first-order valence-corrected chi connectivity index (χ1v) is 9.77. The lowest BCUT2D eigenvalue weighted by Gasteiger charge is -2.13. The normalized spacial score (nSPS) is 12.2. The first-order chi connectivity index (χ1) is 14.6. The molecule has 5 nitrogen and oxygen atoms in total.